The number of carbonyl (C=O) groups is 1. The van der Waals surface area contributed by atoms with Crippen molar-refractivity contribution in [3.05, 3.63) is 17.5 Å². The second-order valence-electron chi connectivity index (χ2n) is 2.91. The Morgan fingerprint density at radius 1 is 1.60 bits per heavy atom. The van der Waals surface area contributed by atoms with Crippen LogP contribution in [0.5, 0.6) is 0 Å². The van der Waals surface area contributed by atoms with E-state index < -0.39 is 0 Å². The van der Waals surface area contributed by atoms with E-state index in [1.54, 1.807) is 6.07 Å². The van der Waals surface area contributed by atoms with Gasteiger partial charge in [0.1, 0.15) is 0 Å². The first kappa shape index (κ1) is 11.7. The van der Waals surface area contributed by atoms with Crippen LogP contribution >= 0.6 is 0 Å². The van der Waals surface area contributed by atoms with E-state index in [0.717, 1.165) is 25.3 Å². The number of methoxy groups -OCH3 is 1. The SMILES string of the molecule is CC.COC(=O)c1cc2n(n1)CCNC2. The van der Waals surface area contributed by atoms with Crippen LogP contribution in [0.1, 0.15) is 30.0 Å². The lowest BCUT2D eigenvalue weighted by Crippen LogP contribution is -2.28. The number of ether oxygens (including phenoxy) is 1. The first-order valence-corrected chi connectivity index (χ1v) is 5.17. The summed E-state index contributed by atoms with van der Waals surface area (Å²) < 4.78 is 6.41. The summed E-state index contributed by atoms with van der Waals surface area (Å²) in [5.41, 5.74) is 1.42. The summed E-state index contributed by atoms with van der Waals surface area (Å²) in [6, 6.07) is 1.76. The van der Waals surface area contributed by atoms with Gasteiger partial charge in [0, 0.05) is 13.1 Å². The van der Waals surface area contributed by atoms with Crippen molar-refractivity contribution in [3.8, 4) is 0 Å². The molecular formula is C10H17N3O2. The zero-order chi connectivity index (χ0) is 11.3. The molecule has 0 atom stereocenters. The summed E-state index contributed by atoms with van der Waals surface area (Å²) >= 11 is 0. The first-order valence-electron chi connectivity index (χ1n) is 5.17. The highest BCUT2D eigenvalue weighted by Crippen LogP contribution is 2.08. The molecule has 0 bridgehead atoms. The summed E-state index contributed by atoms with van der Waals surface area (Å²) in [5.74, 6) is -0.373. The van der Waals surface area contributed by atoms with E-state index in [4.69, 9.17) is 0 Å². The predicted octanol–water partition coefficient (Wildman–Crippen LogP) is 0.799. The third-order valence-electron chi connectivity index (χ3n) is 2.06. The fourth-order valence-electron chi connectivity index (χ4n) is 1.40. The van der Waals surface area contributed by atoms with Gasteiger partial charge in [-0.15, -0.1) is 0 Å². The lowest BCUT2D eigenvalue weighted by molar-refractivity contribution is 0.0593. The Bertz CT molecular complexity index is 310. The molecule has 1 aromatic rings. The van der Waals surface area contributed by atoms with Crippen LogP contribution in [0.3, 0.4) is 0 Å². The summed E-state index contributed by atoms with van der Waals surface area (Å²) in [5, 5.41) is 7.32. The second-order valence-corrected chi connectivity index (χ2v) is 2.91. The zero-order valence-corrected chi connectivity index (χ0v) is 9.41. The molecule has 2 heterocycles. The fourth-order valence-corrected chi connectivity index (χ4v) is 1.40. The molecule has 84 valence electrons. The third-order valence-corrected chi connectivity index (χ3v) is 2.06. The molecule has 0 spiro atoms. The van der Waals surface area contributed by atoms with E-state index in [0.29, 0.717) is 5.69 Å². The van der Waals surface area contributed by atoms with Crippen LogP contribution in [0.4, 0.5) is 0 Å². The van der Waals surface area contributed by atoms with Gasteiger partial charge in [0.2, 0.25) is 0 Å². The van der Waals surface area contributed by atoms with Gasteiger partial charge in [0.25, 0.3) is 0 Å². The van der Waals surface area contributed by atoms with Crippen LogP contribution in [-0.2, 0) is 17.8 Å². The Morgan fingerprint density at radius 3 is 2.93 bits per heavy atom. The molecule has 0 fully saturated rings. The molecule has 15 heavy (non-hydrogen) atoms. The molecule has 1 aromatic heterocycles. The number of esters is 1. The molecule has 0 aliphatic carbocycles. The maximum Gasteiger partial charge on any atom is 0.358 e. The van der Waals surface area contributed by atoms with E-state index >= 15 is 0 Å². The molecule has 5 nitrogen and oxygen atoms in total. The van der Waals surface area contributed by atoms with Crippen molar-refractivity contribution in [2.75, 3.05) is 13.7 Å². The third kappa shape index (κ3) is 2.56. The molecule has 1 aliphatic heterocycles. The van der Waals surface area contributed by atoms with Crippen molar-refractivity contribution in [3.63, 3.8) is 0 Å². The van der Waals surface area contributed by atoms with Gasteiger partial charge in [-0.2, -0.15) is 5.10 Å². The van der Waals surface area contributed by atoms with Gasteiger partial charge in [0.15, 0.2) is 5.69 Å². The minimum absolute atomic E-state index is 0.373. The number of rotatable bonds is 1. The van der Waals surface area contributed by atoms with E-state index in [9.17, 15) is 4.79 Å². The summed E-state index contributed by atoms with van der Waals surface area (Å²) in [7, 11) is 1.36. The van der Waals surface area contributed by atoms with E-state index in [2.05, 4.69) is 15.2 Å². The van der Waals surface area contributed by atoms with Gasteiger partial charge in [0.05, 0.1) is 19.3 Å². The topological polar surface area (TPSA) is 56.2 Å². The van der Waals surface area contributed by atoms with Crippen molar-refractivity contribution >= 4 is 5.97 Å². The minimum Gasteiger partial charge on any atom is -0.464 e. The quantitative estimate of drug-likeness (QED) is 0.698. The smallest absolute Gasteiger partial charge is 0.358 e. The van der Waals surface area contributed by atoms with Crippen LogP contribution in [-0.4, -0.2) is 29.4 Å². The molecular weight excluding hydrogens is 194 g/mol. The highest BCUT2D eigenvalue weighted by molar-refractivity contribution is 5.87. The lowest BCUT2D eigenvalue weighted by Gasteiger charge is -2.13. The Hall–Kier alpha value is -1.36. The van der Waals surface area contributed by atoms with Crippen molar-refractivity contribution in [1.82, 2.24) is 15.1 Å². The molecule has 1 aliphatic rings. The van der Waals surface area contributed by atoms with Gasteiger partial charge >= 0.3 is 5.97 Å². The number of hydrogen-bond acceptors (Lipinski definition) is 4. The monoisotopic (exact) mass is 211 g/mol. The number of fused-ring (bicyclic) bond motifs is 1. The van der Waals surface area contributed by atoms with E-state index in [1.165, 1.54) is 7.11 Å². The zero-order valence-electron chi connectivity index (χ0n) is 9.41. The van der Waals surface area contributed by atoms with Gasteiger partial charge < -0.3 is 10.1 Å². The summed E-state index contributed by atoms with van der Waals surface area (Å²) in [6.07, 6.45) is 0. The van der Waals surface area contributed by atoms with E-state index in [1.807, 2.05) is 18.5 Å². The molecule has 2 rings (SSSR count). The largest absolute Gasteiger partial charge is 0.464 e. The van der Waals surface area contributed by atoms with Crippen LogP contribution < -0.4 is 5.32 Å². The maximum absolute atomic E-state index is 11.1. The lowest BCUT2D eigenvalue weighted by atomic mass is 10.3. The molecule has 0 unspecified atom stereocenters. The Labute approximate surface area is 89.4 Å². The number of nitrogens with zero attached hydrogens (tertiary/aromatic N) is 2. The number of hydrogen-bond donors (Lipinski definition) is 1. The minimum atomic E-state index is -0.373. The number of nitrogens with one attached hydrogen (secondary N) is 1. The number of carbonyl (C=O) groups excluding carboxylic acids is 1. The molecule has 0 amide bonds. The molecule has 0 radical (unpaired) electrons. The van der Waals surface area contributed by atoms with Crippen LogP contribution in [0, 0.1) is 0 Å². The highest BCUT2D eigenvalue weighted by atomic mass is 16.5. The van der Waals surface area contributed by atoms with Gasteiger partial charge in [-0.3, -0.25) is 4.68 Å². The van der Waals surface area contributed by atoms with Crippen molar-refractivity contribution < 1.29 is 9.53 Å². The van der Waals surface area contributed by atoms with E-state index in [-0.39, 0.29) is 5.97 Å². The van der Waals surface area contributed by atoms with Crippen molar-refractivity contribution in [2.45, 2.75) is 26.9 Å². The van der Waals surface area contributed by atoms with Gasteiger partial charge in [-0.1, -0.05) is 13.8 Å². The van der Waals surface area contributed by atoms with Crippen molar-refractivity contribution in [2.24, 2.45) is 0 Å². The fraction of sp³-hybridized carbons (Fsp3) is 0.600. The van der Waals surface area contributed by atoms with Crippen molar-refractivity contribution in [1.29, 1.82) is 0 Å². The Balaban J connectivity index is 0.000000531. The molecule has 0 saturated heterocycles. The van der Waals surface area contributed by atoms with Gasteiger partial charge in [-0.05, 0) is 6.07 Å². The normalized spacial score (nSPS) is 13.5. The average Bonchev–Trinajstić information content (AvgIpc) is 2.74. The standard InChI is InChI=1S/C8H11N3O2.C2H6/c1-13-8(12)7-4-6-5-9-2-3-11(6)10-7;1-2/h4,9H,2-3,5H2,1H3;1-2H3. The Morgan fingerprint density at radius 2 is 2.33 bits per heavy atom. The molecule has 0 saturated carbocycles. The van der Waals surface area contributed by atoms with Gasteiger partial charge in [-0.25, -0.2) is 4.79 Å². The van der Waals surface area contributed by atoms with Crippen LogP contribution in [0.15, 0.2) is 6.07 Å². The highest BCUT2D eigenvalue weighted by Gasteiger charge is 2.16. The summed E-state index contributed by atoms with van der Waals surface area (Å²) in [6.45, 7) is 6.48. The Kier molecular flexibility index (Phi) is 4.30. The first-order chi connectivity index (χ1) is 7.31. The average molecular weight is 211 g/mol. The predicted molar refractivity (Wildman–Crippen MR) is 56.6 cm³/mol. The molecule has 0 aromatic carbocycles. The summed E-state index contributed by atoms with van der Waals surface area (Å²) in [4.78, 5) is 11.1. The number of aromatic nitrogens is 2. The second kappa shape index (κ2) is 5.50. The van der Waals surface area contributed by atoms with Crippen LogP contribution in [0.25, 0.3) is 0 Å². The van der Waals surface area contributed by atoms with Crippen LogP contribution in [0.2, 0.25) is 0 Å². The molecule has 1 N–H and O–H groups in total. The maximum atomic E-state index is 11.1. The molecule has 5 heteroatoms.